The van der Waals surface area contributed by atoms with Crippen LogP contribution in [0, 0.1) is 0 Å². The summed E-state index contributed by atoms with van der Waals surface area (Å²) < 4.78 is 0. The second-order valence-corrected chi connectivity index (χ2v) is 3.85. The molecular weight excluding hydrogens is 150 g/mol. The maximum Gasteiger partial charge on any atom is 0.0660 e. The molecule has 1 aliphatic rings. The molecular formula is C10H21NO. The second kappa shape index (κ2) is 4.24. The molecule has 0 spiro atoms. The van der Waals surface area contributed by atoms with E-state index in [1.54, 1.807) is 0 Å². The van der Waals surface area contributed by atoms with Crippen LogP contribution in [-0.4, -0.2) is 35.2 Å². The molecule has 0 heterocycles. The summed E-state index contributed by atoms with van der Waals surface area (Å²) in [6.07, 6.45) is 4.23. The van der Waals surface area contributed by atoms with Crippen molar-refractivity contribution in [2.45, 2.75) is 45.1 Å². The Balaban J connectivity index is 2.14. The van der Waals surface area contributed by atoms with E-state index in [0.717, 1.165) is 38.9 Å². The molecule has 1 fully saturated rings. The van der Waals surface area contributed by atoms with Gasteiger partial charge in [0, 0.05) is 6.54 Å². The molecule has 12 heavy (non-hydrogen) atoms. The van der Waals surface area contributed by atoms with E-state index in [1.165, 1.54) is 6.42 Å². The number of rotatable bonds is 5. The highest BCUT2D eigenvalue weighted by atomic mass is 16.3. The van der Waals surface area contributed by atoms with E-state index in [2.05, 4.69) is 18.7 Å². The Morgan fingerprint density at radius 2 is 1.83 bits per heavy atom. The lowest BCUT2D eigenvalue weighted by atomic mass is 9.78. The molecule has 0 atom stereocenters. The SMILES string of the molecule is CCN(CC)CCC1(O)CCC1. The molecule has 72 valence electrons. The minimum absolute atomic E-state index is 0.289. The minimum Gasteiger partial charge on any atom is -0.390 e. The fraction of sp³-hybridized carbons (Fsp3) is 1.00. The standard InChI is InChI=1S/C10H21NO/c1-3-11(4-2)9-8-10(12)6-5-7-10/h12H,3-9H2,1-2H3. The first-order valence-electron chi connectivity index (χ1n) is 5.15. The Bertz CT molecular complexity index is 128. The van der Waals surface area contributed by atoms with Gasteiger partial charge in [0.05, 0.1) is 5.60 Å². The fourth-order valence-electron chi connectivity index (χ4n) is 1.74. The average Bonchev–Trinajstić information content (AvgIpc) is 2.03. The van der Waals surface area contributed by atoms with Crippen molar-refractivity contribution in [3.63, 3.8) is 0 Å². The Labute approximate surface area is 75.6 Å². The second-order valence-electron chi connectivity index (χ2n) is 3.85. The molecule has 0 aromatic heterocycles. The van der Waals surface area contributed by atoms with E-state index < -0.39 is 0 Å². The lowest BCUT2D eigenvalue weighted by molar-refractivity contribution is -0.0458. The van der Waals surface area contributed by atoms with Crippen LogP contribution in [0.25, 0.3) is 0 Å². The average molecular weight is 171 g/mol. The van der Waals surface area contributed by atoms with Crippen LogP contribution in [-0.2, 0) is 0 Å². The topological polar surface area (TPSA) is 23.5 Å². The third-order valence-electron chi connectivity index (χ3n) is 3.07. The normalized spacial score (nSPS) is 21.0. The van der Waals surface area contributed by atoms with Crippen molar-refractivity contribution in [3.05, 3.63) is 0 Å². The number of hydrogen-bond donors (Lipinski definition) is 1. The van der Waals surface area contributed by atoms with Gasteiger partial charge in [-0.2, -0.15) is 0 Å². The minimum atomic E-state index is -0.289. The Hall–Kier alpha value is -0.0800. The van der Waals surface area contributed by atoms with Gasteiger partial charge in [-0.3, -0.25) is 0 Å². The first-order chi connectivity index (χ1) is 5.70. The van der Waals surface area contributed by atoms with Crippen molar-refractivity contribution in [2.24, 2.45) is 0 Å². The zero-order chi connectivity index (χ0) is 9.03. The van der Waals surface area contributed by atoms with Crippen LogP contribution in [0.2, 0.25) is 0 Å². The van der Waals surface area contributed by atoms with Crippen LogP contribution < -0.4 is 0 Å². The van der Waals surface area contributed by atoms with Crippen LogP contribution in [0.3, 0.4) is 0 Å². The molecule has 0 bridgehead atoms. The highest BCUT2D eigenvalue weighted by Gasteiger charge is 2.33. The molecule has 0 radical (unpaired) electrons. The Kier molecular flexibility index (Phi) is 3.53. The van der Waals surface area contributed by atoms with E-state index in [1.807, 2.05) is 0 Å². The van der Waals surface area contributed by atoms with Crippen LogP contribution in [0.5, 0.6) is 0 Å². The monoisotopic (exact) mass is 171 g/mol. The molecule has 0 saturated heterocycles. The van der Waals surface area contributed by atoms with Crippen molar-refractivity contribution < 1.29 is 5.11 Å². The Morgan fingerprint density at radius 1 is 1.25 bits per heavy atom. The third kappa shape index (κ3) is 2.46. The van der Waals surface area contributed by atoms with E-state index in [0.29, 0.717) is 0 Å². The fourth-order valence-corrected chi connectivity index (χ4v) is 1.74. The molecule has 1 aliphatic carbocycles. The van der Waals surface area contributed by atoms with Gasteiger partial charge in [0.2, 0.25) is 0 Å². The van der Waals surface area contributed by atoms with E-state index in [4.69, 9.17) is 0 Å². The predicted molar refractivity (Wildman–Crippen MR) is 51.2 cm³/mol. The molecule has 0 aromatic carbocycles. The molecule has 0 aliphatic heterocycles. The maximum atomic E-state index is 9.82. The van der Waals surface area contributed by atoms with Crippen LogP contribution in [0.15, 0.2) is 0 Å². The lowest BCUT2D eigenvalue weighted by Crippen LogP contribution is -2.40. The molecule has 0 aromatic rings. The van der Waals surface area contributed by atoms with Gasteiger partial charge in [-0.05, 0) is 38.8 Å². The largest absolute Gasteiger partial charge is 0.390 e. The first-order valence-corrected chi connectivity index (χ1v) is 5.15. The van der Waals surface area contributed by atoms with E-state index in [-0.39, 0.29) is 5.60 Å². The molecule has 1 N–H and O–H groups in total. The van der Waals surface area contributed by atoms with Gasteiger partial charge in [0.25, 0.3) is 0 Å². The van der Waals surface area contributed by atoms with Crippen molar-refractivity contribution in [2.75, 3.05) is 19.6 Å². The highest BCUT2D eigenvalue weighted by molar-refractivity contribution is 4.87. The number of hydrogen-bond acceptors (Lipinski definition) is 2. The summed E-state index contributed by atoms with van der Waals surface area (Å²) in [5.41, 5.74) is -0.289. The van der Waals surface area contributed by atoms with E-state index >= 15 is 0 Å². The van der Waals surface area contributed by atoms with Gasteiger partial charge in [0.1, 0.15) is 0 Å². The Morgan fingerprint density at radius 3 is 2.17 bits per heavy atom. The maximum absolute atomic E-state index is 9.82. The van der Waals surface area contributed by atoms with Gasteiger partial charge < -0.3 is 10.0 Å². The van der Waals surface area contributed by atoms with Gasteiger partial charge in [0.15, 0.2) is 0 Å². The summed E-state index contributed by atoms with van der Waals surface area (Å²) in [6.45, 7) is 7.62. The van der Waals surface area contributed by atoms with Crippen molar-refractivity contribution in [1.29, 1.82) is 0 Å². The van der Waals surface area contributed by atoms with Crippen LogP contribution in [0.1, 0.15) is 39.5 Å². The third-order valence-corrected chi connectivity index (χ3v) is 3.07. The summed E-state index contributed by atoms with van der Waals surface area (Å²) in [4.78, 5) is 2.37. The summed E-state index contributed by atoms with van der Waals surface area (Å²) in [7, 11) is 0. The van der Waals surface area contributed by atoms with Crippen molar-refractivity contribution in [1.82, 2.24) is 4.90 Å². The summed E-state index contributed by atoms with van der Waals surface area (Å²) >= 11 is 0. The van der Waals surface area contributed by atoms with Gasteiger partial charge in [-0.15, -0.1) is 0 Å². The number of nitrogens with zero attached hydrogens (tertiary/aromatic N) is 1. The molecule has 2 heteroatoms. The summed E-state index contributed by atoms with van der Waals surface area (Å²) in [6, 6.07) is 0. The number of aliphatic hydroxyl groups is 1. The van der Waals surface area contributed by atoms with Gasteiger partial charge >= 0.3 is 0 Å². The molecule has 1 rings (SSSR count). The highest BCUT2D eigenvalue weighted by Crippen LogP contribution is 2.34. The molecule has 0 amide bonds. The van der Waals surface area contributed by atoms with Gasteiger partial charge in [-0.25, -0.2) is 0 Å². The smallest absolute Gasteiger partial charge is 0.0660 e. The molecule has 1 saturated carbocycles. The predicted octanol–water partition coefficient (Wildman–Crippen LogP) is 1.63. The van der Waals surface area contributed by atoms with Crippen LogP contribution >= 0.6 is 0 Å². The van der Waals surface area contributed by atoms with E-state index in [9.17, 15) is 5.11 Å². The van der Waals surface area contributed by atoms with Crippen molar-refractivity contribution in [3.8, 4) is 0 Å². The summed E-state index contributed by atoms with van der Waals surface area (Å²) in [5, 5.41) is 9.82. The zero-order valence-electron chi connectivity index (χ0n) is 8.34. The summed E-state index contributed by atoms with van der Waals surface area (Å²) in [5.74, 6) is 0. The molecule has 2 nitrogen and oxygen atoms in total. The zero-order valence-corrected chi connectivity index (χ0v) is 8.34. The van der Waals surface area contributed by atoms with Crippen molar-refractivity contribution >= 4 is 0 Å². The van der Waals surface area contributed by atoms with Crippen LogP contribution in [0.4, 0.5) is 0 Å². The first kappa shape index (κ1) is 10.0. The molecule has 0 unspecified atom stereocenters. The lowest BCUT2D eigenvalue weighted by Gasteiger charge is -2.38. The quantitative estimate of drug-likeness (QED) is 0.679. The van der Waals surface area contributed by atoms with Gasteiger partial charge in [-0.1, -0.05) is 13.8 Å².